The lowest BCUT2D eigenvalue weighted by Crippen LogP contribution is -2.34. The molecule has 218 valence electrons. The highest BCUT2D eigenvalue weighted by Crippen LogP contribution is 2.33. The maximum atomic E-state index is 13.7. The minimum Gasteiger partial charge on any atom is -0.444 e. The highest BCUT2D eigenvalue weighted by molar-refractivity contribution is 5.69. The van der Waals surface area contributed by atoms with Crippen LogP contribution in [0.3, 0.4) is 0 Å². The van der Waals surface area contributed by atoms with Crippen LogP contribution in [-0.2, 0) is 26.8 Å². The van der Waals surface area contributed by atoms with Crippen molar-refractivity contribution in [1.29, 1.82) is 0 Å². The van der Waals surface area contributed by atoms with E-state index >= 15 is 0 Å². The number of rotatable bonds is 12. The molecule has 1 atom stereocenters. The molecule has 0 unspecified atom stereocenters. The molecule has 1 N–H and O–H groups in total. The fourth-order valence-electron chi connectivity index (χ4n) is 3.83. The van der Waals surface area contributed by atoms with Crippen LogP contribution in [0.25, 0.3) is 11.1 Å². The number of alkyl halides is 3. The Labute approximate surface area is 229 Å². The zero-order chi connectivity index (χ0) is 29.4. The van der Waals surface area contributed by atoms with Crippen LogP contribution in [-0.4, -0.2) is 47.1 Å². The topological polar surface area (TPSA) is 82.6 Å². The van der Waals surface area contributed by atoms with Gasteiger partial charge >= 0.3 is 12.3 Å². The fourth-order valence-corrected chi connectivity index (χ4v) is 3.83. The number of alkyl carbamates (subject to hydrolysis) is 1. The molecule has 2 heterocycles. The van der Waals surface area contributed by atoms with E-state index in [1.807, 2.05) is 20.8 Å². The summed E-state index contributed by atoms with van der Waals surface area (Å²) >= 11 is 0. The van der Waals surface area contributed by atoms with E-state index in [-0.39, 0.29) is 5.60 Å². The average Bonchev–Trinajstić information content (AvgIpc) is 2.80. The van der Waals surface area contributed by atoms with Gasteiger partial charge in [0, 0.05) is 37.3 Å². The van der Waals surface area contributed by atoms with Gasteiger partial charge < -0.3 is 19.5 Å². The Morgan fingerprint density at radius 2 is 1.77 bits per heavy atom. The lowest BCUT2D eigenvalue weighted by molar-refractivity contribution is -0.141. The van der Waals surface area contributed by atoms with Crippen molar-refractivity contribution >= 4 is 6.09 Å². The van der Waals surface area contributed by atoms with Crippen molar-refractivity contribution in [3.8, 4) is 11.1 Å². The first kappa shape index (κ1) is 32.5. The molecule has 0 saturated carbocycles. The van der Waals surface area contributed by atoms with Crippen molar-refractivity contribution in [3.05, 3.63) is 47.0 Å². The maximum Gasteiger partial charge on any atom is 0.433 e. The molecule has 2 aromatic rings. The predicted octanol–water partition coefficient (Wildman–Crippen LogP) is 7.21. The highest BCUT2D eigenvalue weighted by atomic mass is 19.4. The molecule has 0 fully saturated rings. The first-order chi connectivity index (χ1) is 18.0. The van der Waals surface area contributed by atoms with Crippen LogP contribution in [0.4, 0.5) is 18.0 Å². The summed E-state index contributed by atoms with van der Waals surface area (Å²) in [4.78, 5) is 20.4. The van der Waals surface area contributed by atoms with Gasteiger partial charge in [0.15, 0.2) is 0 Å². The third-order valence-electron chi connectivity index (χ3n) is 5.91. The molecule has 0 radical (unpaired) electrons. The molecular formula is C29H42F3N3O4. The normalized spacial score (nSPS) is 13.3. The van der Waals surface area contributed by atoms with Gasteiger partial charge in [0.1, 0.15) is 11.3 Å². The number of aryl methyl sites for hydroxylation is 2. The number of nitrogens with zero attached hydrogens (tertiary/aromatic N) is 2. The molecule has 0 aliphatic carbocycles. The van der Waals surface area contributed by atoms with Crippen LogP contribution in [0.5, 0.6) is 0 Å². The average molecular weight is 554 g/mol. The number of nitrogens with one attached hydrogen (secondary N) is 1. The Kier molecular flexibility index (Phi) is 11.3. The smallest absolute Gasteiger partial charge is 0.433 e. The Morgan fingerprint density at radius 3 is 2.36 bits per heavy atom. The molecule has 2 aromatic heterocycles. The van der Waals surface area contributed by atoms with Crippen molar-refractivity contribution in [2.45, 2.75) is 98.1 Å². The summed E-state index contributed by atoms with van der Waals surface area (Å²) in [5.41, 5.74) is 0.592. The van der Waals surface area contributed by atoms with E-state index < -0.39 is 29.6 Å². The number of amides is 1. The number of aromatic nitrogens is 2. The number of hydrogen-bond donors (Lipinski definition) is 1. The second kappa shape index (κ2) is 13.6. The third kappa shape index (κ3) is 11.1. The van der Waals surface area contributed by atoms with E-state index in [0.29, 0.717) is 55.2 Å². The van der Waals surface area contributed by atoms with Gasteiger partial charge in [-0.3, -0.25) is 4.98 Å². The fraction of sp³-hybridized carbons (Fsp3) is 0.621. The zero-order valence-electron chi connectivity index (χ0n) is 24.3. The van der Waals surface area contributed by atoms with E-state index in [0.717, 1.165) is 18.1 Å². The molecule has 0 bridgehead atoms. The number of carbonyl (C=O) groups is 1. The van der Waals surface area contributed by atoms with Crippen molar-refractivity contribution in [3.63, 3.8) is 0 Å². The van der Waals surface area contributed by atoms with E-state index in [1.54, 1.807) is 46.8 Å². The van der Waals surface area contributed by atoms with Crippen LogP contribution < -0.4 is 5.32 Å². The summed E-state index contributed by atoms with van der Waals surface area (Å²) in [7, 11) is 0. The number of ether oxygens (including phenoxy) is 3. The maximum absolute atomic E-state index is 13.7. The largest absolute Gasteiger partial charge is 0.444 e. The van der Waals surface area contributed by atoms with Gasteiger partial charge in [0.2, 0.25) is 0 Å². The molecule has 39 heavy (non-hydrogen) atoms. The van der Waals surface area contributed by atoms with Gasteiger partial charge in [0.25, 0.3) is 0 Å². The number of halogens is 3. The zero-order valence-corrected chi connectivity index (χ0v) is 24.3. The predicted molar refractivity (Wildman–Crippen MR) is 144 cm³/mol. The van der Waals surface area contributed by atoms with Gasteiger partial charge in [0.05, 0.1) is 17.3 Å². The first-order valence-electron chi connectivity index (χ1n) is 13.3. The van der Waals surface area contributed by atoms with E-state index in [1.165, 1.54) is 6.20 Å². The van der Waals surface area contributed by atoms with Crippen LogP contribution in [0.2, 0.25) is 0 Å². The van der Waals surface area contributed by atoms with Gasteiger partial charge in [-0.25, -0.2) is 9.78 Å². The minimum atomic E-state index is -4.59. The summed E-state index contributed by atoms with van der Waals surface area (Å²) < 4.78 is 57.7. The van der Waals surface area contributed by atoms with E-state index in [2.05, 4.69) is 15.3 Å². The summed E-state index contributed by atoms with van der Waals surface area (Å²) in [5, 5.41) is 2.73. The SMILES string of the molecule is CCOCCC(C)(C)OCCCc1cc(-c2cnc([C@H](C)NC(=O)OC(C)(C)C)cc2C)cc(C(F)(F)F)n1. The van der Waals surface area contributed by atoms with E-state index in [9.17, 15) is 18.0 Å². The van der Waals surface area contributed by atoms with Gasteiger partial charge in [-0.2, -0.15) is 13.2 Å². The summed E-state index contributed by atoms with van der Waals surface area (Å²) in [6.07, 6.45) is -2.05. The Morgan fingerprint density at radius 1 is 1.08 bits per heavy atom. The van der Waals surface area contributed by atoms with E-state index in [4.69, 9.17) is 14.2 Å². The van der Waals surface area contributed by atoms with Crippen molar-refractivity contribution < 1.29 is 32.2 Å². The molecule has 0 aliphatic heterocycles. The van der Waals surface area contributed by atoms with Crippen LogP contribution in [0.1, 0.15) is 90.0 Å². The van der Waals surface area contributed by atoms with Gasteiger partial charge in [-0.1, -0.05) is 0 Å². The first-order valence-corrected chi connectivity index (χ1v) is 13.3. The Hall–Kier alpha value is -2.72. The number of carbonyl (C=O) groups excluding carboxylic acids is 1. The van der Waals surface area contributed by atoms with Gasteiger partial charge in [-0.15, -0.1) is 0 Å². The minimum absolute atomic E-state index is 0.332. The molecule has 1 amide bonds. The lowest BCUT2D eigenvalue weighted by Gasteiger charge is -2.25. The van der Waals surface area contributed by atoms with Crippen molar-refractivity contribution in [2.75, 3.05) is 19.8 Å². The molecule has 0 spiro atoms. The summed E-state index contributed by atoms with van der Waals surface area (Å²) in [6, 6.07) is 4.01. The van der Waals surface area contributed by atoms with Crippen molar-refractivity contribution in [1.82, 2.24) is 15.3 Å². The molecular weight excluding hydrogens is 511 g/mol. The third-order valence-corrected chi connectivity index (χ3v) is 5.91. The molecule has 0 aromatic carbocycles. The summed E-state index contributed by atoms with van der Waals surface area (Å²) in [6.45, 7) is 16.4. The van der Waals surface area contributed by atoms with Crippen LogP contribution >= 0.6 is 0 Å². The molecule has 0 aliphatic rings. The molecule has 0 saturated heterocycles. The molecule has 10 heteroatoms. The molecule has 2 rings (SSSR count). The highest BCUT2D eigenvalue weighted by Gasteiger charge is 2.33. The number of pyridine rings is 2. The Bertz CT molecular complexity index is 1100. The number of hydrogen-bond acceptors (Lipinski definition) is 6. The standard InChI is InChI=1S/C29H42F3N3O4/c1-9-37-14-12-28(7,8)38-13-10-11-22-16-21(17-25(35-22)29(30,31)32)23-18-33-24(15-19(23)2)20(3)34-26(36)39-27(4,5)6/h15-18,20H,9-14H2,1-8H3,(H,34,36)/t20-/m0/s1. The Balaban J connectivity index is 2.18. The second-order valence-corrected chi connectivity index (χ2v) is 11.2. The molecule has 7 nitrogen and oxygen atoms in total. The summed E-state index contributed by atoms with van der Waals surface area (Å²) in [5.74, 6) is 0. The van der Waals surface area contributed by atoms with Crippen molar-refractivity contribution in [2.24, 2.45) is 0 Å². The van der Waals surface area contributed by atoms with Crippen LogP contribution in [0, 0.1) is 6.92 Å². The second-order valence-electron chi connectivity index (χ2n) is 11.2. The monoisotopic (exact) mass is 553 g/mol. The lowest BCUT2D eigenvalue weighted by atomic mass is 9.99. The van der Waals surface area contributed by atoms with Gasteiger partial charge in [-0.05, 0) is 104 Å². The quantitative estimate of drug-likeness (QED) is 0.280. The van der Waals surface area contributed by atoms with Crippen LogP contribution in [0.15, 0.2) is 24.4 Å².